The van der Waals surface area contributed by atoms with Crippen molar-refractivity contribution >= 4 is 17.8 Å². The number of amides is 1. The van der Waals surface area contributed by atoms with Gasteiger partial charge in [-0.2, -0.15) is 5.26 Å². The van der Waals surface area contributed by atoms with Gasteiger partial charge in [-0.05, 0) is 59.9 Å². The Morgan fingerprint density at radius 2 is 1.84 bits per heavy atom. The molecule has 4 aromatic rings. The molecule has 1 aliphatic rings. The van der Waals surface area contributed by atoms with Crippen LogP contribution < -0.4 is 25.6 Å². The van der Waals surface area contributed by atoms with E-state index < -0.39 is 11.7 Å². The number of aromatic hydroxyl groups is 1. The van der Waals surface area contributed by atoms with Crippen LogP contribution in [-0.4, -0.2) is 47.4 Å². The number of phenols is 1. The molecule has 230 valence electrons. The molecule has 0 saturated carbocycles. The number of aromatic nitrogens is 1. The molecule has 0 atom stereocenters. The summed E-state index contributed by atoms with van der Waals surface area (Å²) in [7, 11) is 1.46. The van der Waals surface area contributed by atoms with Crippen molar-refractivity contribution in [3.63, 3.8) is 0 Å². The van der Waals surface area contributed by atoms with Gasteiger partial charge in [-0.1, -0.05) is 36.4 Å². The van der Waals surface area contributed by atoms with E-state index in [1.165, 1.54) is 31.4 Å². The van der Waals surface area contributed by atoms with Crippen molar-refractivity contribution in [2.24, 2.45) is 5.73 Å². The first-order chi connectivity index (χ1) is 21.8. The van der Waals surface area contributed by atoms with Gasteiger partial charge in [0.2, 0.25) is 0 Å². The molecule has 1 amide bonds. The number of benzene rings is 3. The first-order valence-electron chi connectivity index (χ1n) is 14.3. The Balaban J connectivity index is 1.61. The number of rotatable bonds is 9. The van der Waals surface area contributed by atoms with Gasteiger partial charge in [-0.15, -0.1) is 0 Å². The summed E-state index contributed by atoms with van der Waals surface area (Å²) in [5, 5.41) is 28.7. The zero-order valence-corrected chi connectivity index (χ0v) is 24.5. The summed E-state index contributed by atoms with van der Waals surface area (Å²) >= 11 is 0. The van der Waals surface area contributed by atoms with Crippen LogP contribution >= 0.6 is 0 Å². The molecular formula is C34H32FN5O5. The third-order valence-electron chi connectivity index (χ3n) is 7.58. The van der Waals surface area contributed by atoms with Crippen molar-refractivity contribution in [3.8, 4) is 45.7 Å². The number of nitrogens with zero attached hydrogens (tertiary/aromatic N) is 3. The fraction of sp³-hybridized carbons (Fsp3) is 0.206. The predicted octanol–water partition coefficient (Wildman–Crippen LogP) is 5.17. The van der Waals surface area contributed by atoms with Crippen molar-refractivity contribution in [1.29, 1.82) is 5.26 Å². The lowest BCUT2D eigenvalue weighted by Crippen LogP contribution is -2.40. The van der Waals surface area contributed by atoms with E-state index in [1.54, 1.807) is 29.8 Å². The summed E-state index contributed by atoms with van der Waals surface area (Å²) in [6, 6.07) is 20.3. The molecule has 2 heterocycles. The van der Waals surface area contributed by atoms with Crippen molar-refractivity contribution < 1.29 is 29.0 Å². The lowest BCUT2D eigenvalue weighted by atomic mass is 9.96. The molecule has 0 unspecified atom stereocenters. The Morgan fingerprint density at radius 3 is 2.49 bits per heavy atom. The number of nitrogens with one attached hydrogen (secondary N) is 1. The van der Waals surface area contributed by atoms with Gasteiger partial charge in [0.05, 0.1) is 23.9 Å². The number of carbonyl (C=O) groups is 1. The number of nitriles is 1. The Labute approximate surface area is 259 Å². The average molecular weight is 610 g/mol. The number of halogens is 1. The van der Waals surface area contributed by atoms with E-state index >= 15 is 0 Å². The number of hydrogen-bond donors (Lipinski definition) is 4. The van der Waals surface area contributed by atoms with E-state index in [2.05, 4.69) is 4.90 Å². The fourth-order valence-corrected chi connectivity index (χ4v) is 5.09. The number of phenolic OH excluding ortho intramolecular Hbond substituents is 1. The standard InChI is InChI=1S/C34H32FN5O5/c1-44-29-10-9-23(17-28(29)41)33-30(45-20-22-4-2-21(3-5-22)6-11-32(42)39-43)18-31(40-14-12-26(37)13-15-40)38-34(33)24-7-8-25(19-36)27(35)16-24/h2-11,16-18,26,41,43H,12-15,20,37H2,1H3,(H,39,42)/b11-6+. The van der Waals surface area contributed by atoms with Gasteiger partial charge >= 0.3 is 0 Å². The second kappa shape index (κ2) is 13.9. The SMILES string of the molecule is COc1ccc(-c2c(OCc3ccc(/C=C/C(=O)NO)cc3)cc(N3CCC(N)CC3)nc2-c2ccc(C#N)c(F)c2)cc1O. The maximum atomic E-state index is 15.0. The highest BCUT2D eigenvalue weighted by Gasteiger charge is 2.24. The lowest BCUT2D eigenvalue weighted by molar-refractivity contribution is -0.124. The van der Waals surface area contributed by atoms with Crippen LogP contribution in [0.2, 0.25) is 0 Å². The Kier molecular flexibility index (Phi) is 9.57. The van der Waals surface area contributed by atoms with Gasteiger partial charge in [0.25, 0.3) is 5.91 Å². The van der Waals surface area contributed by atoms with Crippen LogP contribution in [0.1, 0.15) is 29.5 Å². The number of hydrogen-bond acceptors (Lipinski definition) is 9. The molecule has 0 bridgehead atoms. The smallest absolute Gasteiger partial charge is 0.267 e. The van der Waals surface area contributed by atoms with Crippen molar-refractivity contribution in [2.75, 3.05) is 25.1 Å². The van der Waals surface area contributed by atoms with E-state index in [0.717, 1.165) is 24.0 Å². The molecule has 0 spiro atoms. The summed E-state index contributed by atoms with van der Waals surface area (Å²) in [5.41, 5.74) is 11.1. The van der Waals surface area contributed by atoms with Crippen LogP contribution in [0.25, 0.3) is 28.5 Å². The molecule has 1 fully saturated rings. The maximum absolute atomic E-state index is 15.0. The number of carbonyl (C=O) groups excluding carboxylic acids is 1. The number of hydroxylamine groups is 1. The summed E-state index contributed by atoms with van der Waals surface area (Å²) in [6.45, 7) is 1.52. The molecule has 45 heavy (non-hydrogen) atoms. The van der Waals surface area contributed by atoms with Crippen LogP contribution in [0.5, 0.6) is 17.2 Å². The van der Waals surface area contributed by atoms with Gasteiger partial charge in [-0.3, -0.25) is 10.0 Å². The van der Waals surface area contributed by atoms with Crippen molar-refractivity contribution in [2.45, 2.75) is 25.5 Å². The second-order valence-electron chi connectivity index (χ2n) is 10.6. The first-order valence-corrected chi connectivity index (χ1v) is 14.3. The predicted molar refractivity (Wildman–Crippen MR) is 167 cm³/mol. The highest BCUT2D eigenvalue weighted by molar-refractivity contribution is 5.91. The van der Waals surface area contributed by atoms with E-state index in [0.29, 0.717) is 47.0 Å². The van der Waals surface area contributed by atoms with Crippen LogP contribution in [0.4, 0.5) is 10.2 Å². The highest BCUT2D eigenvalue weighted by Crippen LogP contribution is 2.43. The van der Waals surface area contributed by atoms with Gasteiger partial charge in [0, 0.05) is 36.8 Å². The van der Waals surface area contributed by atoms with Crippen LogP contribution in [0.3, 0.4) is 0 Å². The number of pyridine rings is 1. The number of anilines is 1. The zero-order chi connectivity index (χ0) is 31.9. The maximum Gasteiger partial charge on any atom is 0.267 e. The van der Waals surface area contributed by atoms with E-state index in [9.17, 15) is 19.6 Å². The third-order valence-corrected chi connectivity index (χ3v) is 7.58. The van der Waals surface area contributed by atoms with E-state index in [4.69, 9.17) is 25.4 Å². The lowest BCUT2D eigenvalue weighted by Gasteiger charge is -2.32. The molecule has 1 aromatic heterocycles. The molecule has 0 aliphatic carbocycles. The van der Waals surface area contributed by atoms with E-state index in [1.807, 2.05) is 36.4 Å². The molecule has 1 aliphatic heterocycles. The highest BCUT2D eigenvalue weighted by atomic mass is 19.1. The summed E-state index contributed by atoms with van der Waals surface area (Å²) in [6.07, 6.45) is 4.34. The van der Waals surface area contributed by atoms with Crippen LogP contribution in [0, 0.1) is 17.1 Å². The quantitative estimate of drug-likeness (QED) is 0.114. The zero-order valence-electron chi connectivity index (χ0n) is 24.5. The average Bonchev–Trinajstić information content (AvgIpc) is 3.06. The molecule has 3 aromatic carbocycles. The number of methoxy groups -OCH3 is 1. The number of piperidine rings is 1. The normalized spacial score (nSPS) is 13.4. The van der Waals surface area contributed by atoms with Gasteiger partial charge in [0.15, 0.2) is 11.5 Å². The minimum absolute atomic E-state index is 0.0877. The molecular weight excluding hydrogens is 577 g/mol. The van der Waals surface area contributed by atoms with Crippen LogP contribution in [0.15, 0.2) is 72.8 Å². The van der Waals surface area contributed by atoms with Crippen molar-refractivity contribution in [1.82, 2.24) is 10.5 Å². The van der Waals surface area contributed by atoms with Gasteiger partial charge in [0.1, 0.15) is 30.1 Å². The topological polar surface area (TPSA) is 154 Å². The molecule has 5 N–H and O–H groups in total. The molecule has 1 saturated heterocycles. The molecule has 10 nitrogen and oxygen atoms in total. The third kappa shape index (κ3) is 7.21. The first kappa shape index (κ1) is 31.0. The van der Waals surface area contributed by atoms with E-state index in [-0.39, 0.29) is 29.7 Å². The van der Waals surface area contributed by atoms with Crippen molar-refractivity contribution in [3.05, 3.63) is 95.3 Å². The summed E-state index contributed by atoms with van der Waals surface area (Å²) < 4.78 is 26.7. The summed E-state index contributed by atoms with van der Waals surface area (Å²) in [4.78, 5) is 18.4. The Hall–Kier alpha value is -5.44. The monoisotopic (exact) mass is 609 g/mol. The Bertz CT molecular complexity index is 1760. The van der Waals surface area contributed by atoms with Gasteiger partial charge < -0.3 is 25.2 Å². The van der Waals surface area contributed by atoms with Gasteiger partial charge in [-0.25, -0.2) is 14.9 Å². The van der Waals surface area contributed by atoms with Crippen LogP contribution in [-0.2, 0) is 11.4 Å². The number of ether oxygens (including phenoxy) is 2. The summed E-state index contributed by atoms with van der Waals surface area (Å²) in [5.74, 6) is -0.0504. The molecule has 11 heteroatoms. The largest absolute Gasteiger partial charge is 0.504 e. The fourth-order valence-electron chi connectivity index (χ4n) is 5.09. The second-order valence-corrected chi connectivity index (χ2v) is 10.6. The Morgan fingerprint density at radius 1 is 1.11 bits per heavy atom. The minimum Gasteiger partial charge on any atom is -0.504 e. The molecule has 5 rings (SSSR count). The number of nitrogens with two attached hydrogens (primary N) is 1. The molecule has 0 radical (unpaired) electrons. The minimum atomic E-state index is -0.678.